The SMILES string of the molecule is C#CC(CC#CC)(Cc1ccccc1)c1ccc(OC)cc1. The van der Waals surface area contributed by atoms with Gasteiger partial charge < -0.3 is 4.74 Å². The smallest absolute Gasteiger partial charge is 0.118 e. The summed E-state index contributed by atoms with van der Waals surface area (Å²) in [5.41, 5.74) is 1.90. The van der Waals surface area contributed by atoms with Crippen LogP contribution in [0.15, 0.2) is 54.6 Å². The van der Waals surface area contributed by atoms with Crippen molar-refractivity contribution in [2.24, 2.45) is 0 Å². The monoisotopic (exact) mass is 288 g/mol. The number of methoxy groups -OCH3 is 1. The Kier molecular flexibility index (Phi) is 5.29. The quantitative estimate of drug-likeness (QED) is 0.748. The molecule has 1 atom stereocenters. The van der Waals surface area contributed by atoms with E-state index in [-0.39, 0.29) is 0 Å². The fourth-order valence-corrected chi connectivity index (χ4v) is 2.55. The van der Waals surface area contributed by atoms with Crippen molar-refractivity contribution in [3.63, 3.8) is 0 Å². The topological polar surface area (TPSA) is 9.23 Å². The second kappa shape index (κ2) is 7.39. The van der Waals surface area contributed by atoms with Crippen LogP contribution in [0.5, 0.6) is 5.75 Å². The molecule has 0 radical (unpaired) electrons. The molecule has 2 rings (SSSR count). The van der Waals surface area contributed by atoms with Crippen LogP contribution in [0.25, 0.3) is 0 Å². The first-order valence-corrected chi connectivity index (χ1v) is 7.30. The summed E-state index contributed by atoms with van der Waals surface area (Å²) in [6.45, 7) is 1.85. The van der Waals surface area contributed by atoms with E-state index in [9.17, 15) is 0 Å². The molecule has 1 unspecified atom stereocenters. The summed E-state index contributed by atoms with van der Waals surface area (Å²) < 4.78 is 5.24. The first-order chi connectivity index (χ1) is 10.7. The summed E-state index contributed by atoms with van der Waals surface area (Å²) >= 11 is 0. The average molecular weight is 288 g/mol. The van der Waals surface area contributed by atoms with Crippen LogP contribution in [-0.2, 0) is 11.8 Å². The molecular weight excluding hydrogens is 268 g/mol. The summed E-state index contributed by atoms with van der Waals surface area (Å²) in [5.74, 6) is 9.97. The van der Waals surface area contributed by atoms with Gasteiger partial charge in [-0.3, -0.25) is 0 Å². The van der Waals surface area contributed by atoms with Crippen LogP contribution in [0.1, 0.15) is 24.5 Å². The molecule has 110 valence electrons. The van der Waals surface area contributed by atoms with E-state index in [0.29, 0.717) is 6.42 Å². The Morgan fingerprint density at radius 3 is 2.27 bits per heavy atom. The highest BCUT2D eigenvalue weighted by Crippen LogP contribution is 2.32. The lowest BCUT2D eigenvalue weighted by molar-refractivity contribution is 0.414. The summed E-state index contributed by atoms with van der Waals surface area (Å²) in [6.07, 6.45) is 7.36. The molecule has 0 aliphatic rings. The Hall–Kier alpha value is -2.64. The molecule has 0 aliphatic carbocycles. The van der Waals surface area contributed by atoms with Crippen molar-refractivity contribution >= 4 is 0 Å². The van der Waals surface area contributed by atoms with Crippen molar-refractivity contribution in [2.75, 3.05) is 7.11 Å². The van der Waals surface area contributed by atoms with Gasteiger partial charge in [-0.15, -0.1) is 18.3 Å². The summed E-state index contributed by atoms with van der Waals surface area (Å²) in [4.78, 5) is 0. The van der Waals surface area contributed by atoms with E-state index in [1.54, 1.807) is 7.11 Å². The van der Waals surface area contributed by atoms with Crippen LogP contribution in [0.3, 0.4) is 0 Å². The van der Waals surface area contributed by atoms with Crippen LogP contribution in [0.2, 0.25) is 0 Å². The van der Waals surface area contributed by atoms with Crippen molar-refractivity contribution in [1.29, 1.82) is 0 Å². The Morgan fingerprint density at radius 1 is 1.05 bits per heavy atom. The van der Waals surface area contributed by atoms with E-state index in [4.69, 9.17) is 11.2 Å². The largest absolute Gasteiger partial charge is 0.497 e. The number of hydrogen-bond acceptors (Lipinski definition) is 1. The maximum Gasteiger partial charge on any atom is 0.118 e. The van der Waals surface area contributed by atoms with Gasteiger partial charge in [-0.25, -0.2) is 0 Å². The molecule has 0 spiro atoms. The van der Waals surface area contributed by atoms with Crippen LogP contribution in [-0.4, -0.2) is 7.11 Å². The molecule has 2 aromatic rings. The lowest BCUT2D eigenvalue weighted by Crippen LogP contribution is -2.26. The molecule has 0 fully saturated rings. The highest BCUT2D eigenvalue weighted by Gasteiger charge is 2.29. The van der Waals surface area contributed by atoms with Crippen molar-refractivity contribution in [2.45, 2.75) is 25.2 Å². The minimum Gasteiger partial charge on any atom is -0.497 e. The lowest BCUT2D eigenvalue weighted by Gasteiger charge is -2.27. The number of terminal acetylenes is 1. The number of benzene rings is 2. The van der Waals surface area contributed by atoms with Gasteiger partial charge in [0.2, 0.25) is 0 Å². The summed E-state index contributed by atoms with van der Waals surface area (Å²) in [6, 6.07) is 18.3. The second-order valence-electron chi connectivity index (χ2n) is 5.22. The number of ether oxygens (including phenoxy) is 1. The van der Waals surface area contributed by atoms with Gasteiger partial charge in [-0.1, -0.05) is 48.4 Å². The molecule has 0 heterocycles. The normalized spacial score (nSPS) is 12.4. The lowest BCUT2D eigenvalue weighted by atomic mass is 9.74. The Bertz CT molecular complexity index is 696. The van der Waals surface area contributed by atoms with Gasteiger partial charge in [0.15, 0.2) is 0 Å². The van der Waals surface area contributed by atoms with E-state index < -0.39 is 5.41 Å². The molecule has 0 bridgehead atoms. The van der Waals surface area contributed by atoms with E-state index in [0.717, 1.165) is 17.7 Å². The number of rotatable bonds is 5. The van der Waals surface area contributed by atoms with E-state index >= 15 is 0 Å². The average Bonchev–Trinajstić information content (AvgIpc) is 2.59. The molecule has 0 N–H and O–H groups in total. The van der Waals surface area contributed by atoms with E-state index in [1.165, 1.54) is 5.56 Å². The fraction of sp³-hybridized carbons (Fsp3) is 0.238. The standard InChI is InChI=1S/C21H20O/c1-4-6-16-21(5-2,17-18-10-8-7-9-11-18)19-12-14-20(22-3)15-13-19/h2,7-15H,16-17H2,1,3H3. The van der Waals surface area contributed by atoms with Gasteiger partial charge >= 0.3 is 0 Å². The van der Waals surface area contributed by atoms with Gasteiger partial charge in [-0.2, -0.15) is 0 Å². The van der Waals surface area contributed by atoms with Crippen LogP contribution >= 0.6 is 0 Å². The highest BCUT2D eigenvalue weighted by atomic mass is 16.5. The highest BCUT2D eigenvalue weighted by molar-refractivity contribution is 5.41. The predicted octanol–water partition coefficient (Wildman–Crippen LogP) is 4.22. The molecule has 0 saturated carbocycles. The van der Waals surface area contributed by atoms with Crippen molar-refractivity contribution in [3.8, 4) is 29.9 Å². The van der Waals surface area contributed by atoms with E-state index in [2.05, 4.69) is 29.9 Å². The zero-order valence-electron chi connectivity index (χ0n) is 13.1. The molecule has 0 saturated heterocycles. The van der Waals surface area contributed by atoms with Crippen molar-refractivity contribution < 1.29 is 4.74 Å². The Morgan fingerprint density at radius 2 is 1.73 bits per heavy atom. The third-order valence-corrected chi connectivity index (χ3v) is 3.83. The van der Waals surface area contributed by atoms with Gasteiger partial charge in [0.25, 0.3) is 0 Å². The molecule has 22 heavy (non-hydrogen) atoms. The molecule has 1 heteroatoms. The van der Waals surface area contributed by atoms with Crippen molar-refractivity contribution in [1.82, 2.24) is 0 Å². The van der Waals surface area contributed by atoms with Crippen LogP contribution in [0, 0.1) is 24.2 Å². The Labute approximate surface area is 133 Å². The number of hydrogen-bond donors (Lipinski definition) is 0. The first kappa shape index (κ1) is 15.7. The molecule has 0 aromatic heterocycles. The third kappa shape index (κ3) is 3.51. The maximum absolute atomic E-state index is 5.95. The molecular formula is C21H20O. The fourth-order valence-electron chi connectivity index (χ4n) is 2.55. The summed E-state index contributed by atoms with van der Waals surface area (Å²) in [5, 5.41) is 0. The third-order valence-electron chi connectivity index (χ3n) is 3.83. The predicted molar refractivity (Wildman–Crippen MR) is 91.7 cm³/mol. The van der Waals surface area contributed by atoms with Crippen molar-refractivity contribution in [3.05, 3.63) is 65.7 Å². The second-order valence-corrected chi connectivity index (χ2v) is 5.22. The Balaban J connectivity index is 2.43. The van der Waals surface area contributed by atoms with Gasteiger partial charge in [0.1, 0.15) is 5.75 Å². The van der Waals surface area contributed by atoms with Gasteiger partial charge in [0.05, 0.1) is 12.5 Å². The minimum absolute atomic E-state index is 0.420. The first-order valence-electron chi connectivity index (χ1n) is 7.30. The van der Waals surface area contributed by atoms with Crippen LogP contribution < -0.4 is 4.74 Å². The van der Waals surface area contributed by atoms with E-state index in [1.807, 2.05) is 49.4 Å². The minimum atomic E-state index is -0.420. The van der Waals surface area contributed by atoms with Gasteiger partial charge in [-0.05, 0) is 36.6 Å². The zero-order valence-corrected chi connectivity index (χ0v) is 13.1. The molecule has 0 aliphatic heterocycles. The molecule has 0 amide bonds. The summed E-state index contributed by atoms with van der Waals surface area (Å²) in [7, 11) is 1.66. The van der Waals surface area contributed by atoms with Gasteiger partial charge in [0, 0.05) is 6.42 Å². The molecule has 2 aromatic carbocycles. The zero-order chi connectivity index (χ0) is 15.8. The molecule has 1 nitrogen and oxygen atoms in total. The maximum atomic E-state index is 5.95. The van der Waals surface area contributed by atoms with Crippen LogP contribution in [0.4, 0.5) is 0 Å².